The summed E-state index contributed by atoms with van der Waals surface area (Å²) in [6.07, 6.45) is 0. The van der Waals surface area contributed by atoms with Crippen LogP contribution < -0.4 is 4.90 Å². The van der Waals surface area contributed by atoms with Crippen molar-refractivity contribution in [2.75, 3.05) is 4.90 Å². The van der Waals surface area contributed by atoms with E-state index < -0.39 is 0 Å². The Morgan fingerprint density at radius 3 is 2.35 bits per heavy atom. The number of hydrogen-bond donors (Lipinski definition) is 0. The van der Waals surface area contributed by atoms with Gasteiger partial charge in [-0.15, -0.1) is 0 Å². The molecule has 0 aliphatic carbocycles. The van der Waals surface area contributed by atoms with Crippen LogP contribution in [0.2, 0.25) is 0 Å². The molecule has 0 radical (unpaired) electrons. The minimum absolute atomic E-state index is 0.0683. The number of nitrogens with zero attached hydrogens (tertiary/aromatic N) is 1. The Balaban J connectivity index is 2.42. The molecule has 104 valence electrons. The van der Waals surface area contributed by atoms with Crippen molar-refractivity contribution in [3.8, 4) is 0 Å². The van der Waals surface area contributed by atoms with Crippen molar-refractivity contribution >= 4 is 34.2 Å². The average Bonchev–Trinajstić information content (AvgIpc) is 2.37. The van der Waals surface area contributed by atoms with Gasteiger partial charge in [0.1, 0.15) is 0 Å². The first-order chi connectivity index (χ1) is 9.49. The van der Waals surface area contributed by atoms with E-state index in [2.05, 4.69) is 48.6 Å². The SMILES string of the molecule is CC(=O)N(Cc1ccccc1)c1c(C)cc(C)cc1I. The lowest BCUT2D eigenvalue weighted by Gasteiger charge is -2.25. The van der Waals surface area contributed by atoms with Crippen LogP contribution in [0.1, 0.15) is 23.6 Å². The summed E-state index contributed by atoms with van der Waals surface area (Å²) in [5, 5.41) is 0. The van der Waals surface area contributed by atoms with Gasteiger partial charge in [-0.25, -0.2) is 0 Å². The third-order valence-electron chi connectivity index (χ3n) is 3.23. The van der Waals surface area contributed by atoms with Crippen LogP contribution in [-0.2, 0) is 11.3 Å². The third kappa shape index (κ3) is 3.39. The van der Waals surface area contributed by atoms with Gasteiger partial charge in [-0.1, -0.05) is 36.4 Å². The van der Waals surface area contributed by atoms with E-state index in [-0.39, 0.29) is 5.91 Å². The Morgan fingerprint density at radius 1 is 1.15 bits per heavy atom. The van der Waals surface area contributed by atoms with Crippen LogP contribution >= 0.6 is 22.6 Å². The van der Waals surface area contributed by atoms with Crippen molar-refractivity contribution in [1.82, 2.24) is 0 Å². The van der Waals surface area contributed by atoms with Gasteiger partial charge in [0.15, 0.2) is 0 Å². The van der Waals surface area contributed by atoms with Crippen LogP contribution in [0.4, 0.5) is 5.69 Å². The van der Waals surface area contributed by atoms with Gasteiger partial charge >= 0.3 is 0 Å². The molecule has 0 bridgehead atoms. The molecule has 0 atom stereocenters. The first-order valence-corrected chi connectivity index (χ1v) is 7.65. The lowest BCUT2D eigenvalue weighted by Crippen LogP contribution is -2.29. The van der Waals surface area contributed by atoms with Crippen molar-refractivity contribution in [2.24, 2.45) is 0 Å². The maximum Gasteiger partial charge on any atom is 0.224 e. The number of halogens is 1. The molecule has 0 N–H and O–H groups in total. The van der Waals surface area contributed by atoms with Gasteiger partial charge in [-0.3, -0.25) is 4.79 Å². The summed E-state index contributed by atoms with van der Waals surface area (Å²) in [6.45, 7) is 6.37. The lowest BCUT2D eigenvalue weighted by atomic mass is 10.1. The summed E-state index contributed by atoms with van der Waals surface area (Å²) in [5.74, 6) is 0.0683. The van der Waals surface area contributed by atoms with E-state index in [1.807, 2.05) is 35.2 Å². The van der Waals surface area contributed by atoms with Crippen LogP contribution in [0.3, 0.4) is 0 Å². The smallest absolute Gasteiger partial charge is 0.224 e. The molecule has 0 spiro atoms. The number of rotatable bonds is 3. The predicted molar refractivity (Wildman–Crippen MR) is 91.9 cm³/mol. The zero-order valence-corrected chi connectivity index (χ0v) is 14.1. The highest BCUT2D eigenvalue weighted by Crippen LogP contribution is 2.29. The van der Waals surface area contributed by atoms with Gasteiger partial charge in [0.2, 0.25) is 5.91 Å². The first kappa shape index (κ1) is 15.0. The van der Waals surface area contributed by atoms with E-state index in [0.717, 1.165) is 20.4 Å². The third-order valence-corrected chi connectivity index (χ3v) is 4.05. The Morgan fingerprint density at radius 2 is 1.80 bits per heavy atom. The molecule has 2 aromatic carbocycles. The monoisotopic (exact) mass is 379 g/mol. The molecule has 0 aliphatic heterocycles. The molecule has 0 aromatic heterocycles. The number of carbonyl (C=O) groups is 1. The Hall–Kier alpha value is -1.36. The first-order valence-electron chi connectivity index (χ1n) is 6.58. The summed E-state index contributed by atoms with van der Waals surface area (Å²) in [4.78, 5) is 13.9. The molecule has 3 heteroatoms. The van der Waals surface area contributed by atoms with Crippen LogP contribution in [0.15, 0.2) is 42.5 Å². The summed E-state index contributed by atoms with van der Waals surface area (Å²) in [5.41, 5.74) is 4.52. The van der Waals surface area contributed by atoms with Gasteiger partial charge in [0.05, 0.1) is 12.2 Å². The maximum atomic E-state index is 12.1. The van der Waals surface area contributed by atoms with Crippen molar-refractivity contribution in [3.63, 3.8) is 0 Å². The topological polar surface area (TPSA) is 20.3 Å². The van der Waals surface area contributed by atoms with E-state index in [1.54, 1.807) is 6.92 Å². The van der Waals surface area contributed by atoms with Gasteiger partial charge in [-0.2, -0.15) is 0 Å². The number of carbonyl (C=O) groups excluding carboxylic acids is 1. The van der Waals surface area contributed by atoms with Gasteiger partial charge in [0, 0.05) is 10.5 Å². The van der Waals surface area contributed by atoms with Crippen molar-refractivity contribution < 1.29 is 4.79 Å². The van der Waals surface area contributed by atoms with Gasteiger partial charge in [0.25, 0.3) is 0 Å². The average molecular weight is 379 g/mol. The highest BCUT2D eigenvalue weighted by Gasteiger charge is 2.17. The fraction of sp³-hybridized carbons (Fsp3) is 0.235. The summed E-state index contributed by atoms with van der Waals surface area (Å²) >= 11 is 2.31. The molecule has 2 aromatic rings. The quantitative estimate of drug-likeness (QED) is 0.721. The highest BCUT2D eigenvalue weighted by atomic mass is 127. The minimum Gasteiger partial charge on any atom is -0.307 e. The van der Waals surface area contributed by atoms with E-state index in [4.69, 9.17) is 0 Å². The molecule has 0 saturated carbocycles. The van der Waals surface area contributed by atoms with Crippen LogP contribution in [0.25, 0.3) is 0 Å². The predicted octanol–water partition coefficient (Wildman–Crippen LogP) is 4.46. The molecule has 0 heterocycles. The van der Waals surface area contributed by atoms with Gasteiger partial charge in [-0.05, 0) is 59.2 Å². The van der Waals surface area contributed by atoms with Gasteiger partial charge < -0.3 is 4.90 Å². The molecule has 20 heavy (non-hydrogen) atoms. The second-order valence-electron chi connectivity index (χ2n) is 5.00. The fourth-order valence-corrected chi connectivity index (χ4v) is 3.57. The van der Waals surface area contributed by atoms with E-state index in [9.17, 15) is 4.79 Å². The molecule has 1 amide bonds. The van der Waals surface area contributed by atoms with E-state index in [1.165, 1.54) is 5.56 Å². The van der Waals surface area contributed by atoms with Crippen molar-refractivity contribution in [2.45, 2.75) is 27.3 Å². The standard InChI is InChI=1S/C17H18INO/c1-12-9-13(2)17(16(18)10-12)19(14(3)20)11-15-7-5-4-6-8-15/h4-10H,11H2,1-3H3. The summed E-state index contributed by atoms with van der Waals surface area (Å²) in [7, 11) is 0. The lowest BCUT2D eigenvalue weighted by molar-refractivity contribution is -0.116. The minimum atomic E-state index is 0.0683. The largest absolute Gasteiger partial charge is 0.307 e. The molecule has 0 saturated heterocycles. The molecule has 0 aliphatic rings. The number of benzene rings is 2. The normalized spacial score (nSPS) is 10.4. The molecule has 0 fully saturated rings. The Labute approximate surface area is 133 Å². The van der Waals surface area contributed by atoms with E-state index in [0.29, 0.717) is 6.54 Å². The number of aryl methyl sites for hydroxylation is 2. The summed E-state index contributed by atoms with van der Waals surface area (Å²) in [6, 6.07) is 14.3. The molecular formula is C17H18INO. The molecule has 2 rings (SSSR count). The Kier molecular flexibility index (Phi) is 4.81. The number of anilines is 1. The molecule has 2 nitrogen and oxygen atoms in total. The van der Waals surface area contributed by atoms with Crippen molar-refractivity contribution in [1.29, 1.82) is 0 Å². The Bertz CT molecular complexity index is 599. The van der Waals surface area contributed by atoms with Crippen molar-refractivity contribution in [3.05, 3.63) is 62.7 Å². The van der Waals surface area contributed by atoms with Crippen LogP contribution in [0.5, 0.6) is 0 Å². The second-order valence-corrected chi connectivity index (χ2v) is 6.17. The number of amides is 1. The molecule has 0 unspecified atom stereocenters. The number of hydrogen-bond acceptors (Lipinski definition) is 1. The molecular weight excluding hydrogens is 361 g/mol. The summed E-state index contributed by atoms with van der Waals surface area (Å²) < 4.78 is 1.12. The van der Waals surface area contributed by atoms with E-state index >= 15 is 0 Å². The van der Waals surface area contributed by atoms with Crippen LogP contribution in [-0.4, -0.2) is 5.91 Å². The zero-order valence-electron chi connectivity index (χ0n) is 12.0. The van der Waals surface area contributed by atoms with Crippen LogP contribution in [0, 0.1) is 17.4 Å². The zero-order chi connectivity index (χ0) is 14.7. The fourth-order valence-electron chi connectivity index (χ4n) is 2.36. The highest BCUT2D eigenvalue weighted by molar-refractivity contribution is 14.1. The second kappa shape index (κ2) is 6.39. The maximum absolute atomic E-state index is 12.1.